The average molecular weight is 564 g/mol. The molecule has 1 fully saturated rings. The van der Waals surface area contributed by atoms with Gasteiger partial charge in [0.1, 0.15) is 5.71 Å². The number of allylic oxidation sites excluding steroid dienone is 2. The van der Waals surface area contributed by atoms with E-state index < -0.39 is 0 Å². The van der Waals surface area contributed by atoms with Gasteiger partial charge in [-0.2, -0.15) is 0 Å². The molecule has 2 heterocycles. The first-order chi connectivity index (χ1) is 20.5. The molecule has 1 amide bonds. The van der Waals surface area contributed by atoms with Crippen LogP contribution in [-0.2, 0) is 24.1 Å². The number of anilines is 3. The van der Waals surface area contributed by atoms with Crippen LogP contribution in [0.4, 0.5) is 17.4 Å². The molecule has 3 aliphatic rings. The lowest BCUT2D eigenvalue weighted by Crippen LogP contribution is -2.32. The Morgan fingerprint density at radius 2 is 1.83 bits per heavy atom. The summed E-state index contributed by atoms with van der Waals surface area (Å²) in [5.41, 5.74) is 7.16. The van der Waals surface area contributed by atoms with Gasteiger partial charge in [0, 0.05) is 23.0 Å². The molecular formula is C33H37N7O2. The van der Waals surface area contributed by atoms with E-state index >= 15 is 0 Å². The fourth-order valence-electron chi connectivity index (χ4n) is 6.47. The van der Waals surface area contributed by atoms with Crippen molar-refractivity contribution in [1.29, 1.82) is 10.8 Å². The van der Waals surface area contributed by atoms with Crippen molar-refractivity contribution in [3.8, 4) is 0 Å². The zero-order valence-electron chi connectivity index (χ0n) is 23.8. The molecule has 9 heteroatoms. The summed E-state index contributed by atoms with van der Waals surface area (Å²) in [6.45, 7) is 6.00. The molecule has 4 N–H and O–H groups in total. The van der Waals surface area contributed by atoms with Crippen LogP contribution in [0.3, 0.4) is 0 Å². The van der Waals surface area contributed by atoms with Gasteiger partial charge in [-0.05, 0) is 123 Å². The number of nitrogens with one attached hydrogen (secondary N) is 4. The predicted molar refractivity (Wildman–Crippen MR) is 165 cm³/mol. The van der Waals surface area contributed by atoms with Crippen LogP contribution in [0.15, 0.2) is 65.1 Å². The van der Waals surface area contributed by atoms with Crippen molar-refractivity contribution >= 4 is 34.7 Å². The number of carbonyl (C=O) groups is 1. The third-order valence-corrected chi connectivity index (χ3v) is 8.66. The van der Waals surface area contributed by atoms with E-state index in [0.29, 0.717) is 30.3 Å². The summed E-state index contributed by atoms with van der Waals surface area (Å²) in [5.74, 6) is -0.188. The molecule has 0 bridgehead atoms. The molecule has 3 aromatic rings. The van der Waals surface area contributed by atoms with Crippen LogP contribution in [0.25, 0.3) is 0 Å². The molecule has 42 heavy (non-hydrogen) atoms. The number of carbonyl (C=O) groups excluding carboxylic acids is 1. The summed E-state index contributed by atoms with van der Waals surface area (Å²) in [5, 5.41) is 31.8. The summed E-state index contributed by atoms with van der Waals surface area (Å²) in [6, 6.07) is 12.9. The minimum atomic E-state index is -0.283. The van der Waals surface area contributed by atoms with Gasteiger partial charge >= 0.3 is 6.01 Å². The second kappa shape index (κ2) is 12.2. The number of hydrogen-bond donors (Lipinski definition) is 4. The number of hydrogen-bond acceptors (Lipinski definition) is 8. The van der Waals surface area contributed by atoms with E-state index in [4.69, 9.17) is 15.2 Å². The molecule has 1 saturated heterocycles. The van der Waals surface area contributed by atoms with Crippen molar-refractivity contribution in [2.75, 3.05) is 23.7 Å². The lowest BCUT2D eigenvalue weighted by molar-refractivity contribution is -0.111. The Morgan fingerprint density at radius 3 is 2.64 bits per heavy atom. The number of rotatable bonds is 7. The minimum absolute atomic E-state index is 0.0600. The van der Waals surface area contributed by atoms with E-state index in [2.05, 4.69) is 50.5 Å². The van der Waals surface area contributed by atoms with Gasteiger partial charge in [0.05, 0.1) is 5.71 Å². The van der Waals surface area contributed by atoms with Gasteiger partial charge in [-0.3, -0.25) is 15.6 Å². The highest BCUT2D eigenvalue weighted by molar-refractivity contribution is 6.17. The van der Waals surface area contributed by atoms with Gasteiger partial charge in [-0.1, -0.05) is 29.9 Å². The summed E-state index contributed by atoms with van der Waals surface area (Å²) < 4.78 is 5.82. The number of benzene rings is 2. The topological polar surface area (TPSA) is 131 Å². The van der Waals surface area contributed by atoms with Crippen molar-refractivity contribution in [3.63, 3.8) is 0 Å². The quantitative estimate of drug-likeness (QED) is 0.159. The largest absolute Gasteiger partial charge is 0.401 e. The molecule has 1 aromatic heterocycles. The van der Waals surface area contributed by atoms with Gasteiger partial charge in [0.25, 0.3) is 5.89 Å². The Kier molecular flexibility index (Phi) is 8.10. The van der Waals surface area contributed by atoms with Crippen LogP contribution < -0.4 is 10.6 Å². The fourth-order valence-corrected chi connectivity index (χ4v) is 6.47. The van der Waals surface area contributed by atoms with Gasteiger partial charge in [0.2, 0.25) is 5.91 Å². The van der Waals surface area contributed by atoms with E-state index in [1.165, 1.54) is 56.0 Å². The first-order valence-electron chi connectivity index (χ1n) is 14.9. The summed E-state index contributed by atoms with van der Waals surface area (Å²) in [6.07, 6.45) is 12.2. The first kappa shape index (κ1) is 27.8. The highest BCUT2D eigenvalue weighted by Crippen LogP contribution is 2.31. The molecule has 2 aliphatic carbocycles. The Morgan fingerprint density at radius 1 is 1.02 bits per heavy atom. The number of likely N-dealkylation sites (tertiary alicyclic amines) is 1. The molecule has 6 rings (SSSR count). The summed E-state index contributed by atoms with van der Waals surface area (Å²) in [4.78, 5) is 14.6. The zero-order valence-corrected chi connectivity index (χ0v) is 23.8. The fraction of sp³-hybridized carbons (Fsp3) is 0.364. The van der Waals surface area contributed by atoms with Gasteiger partial charge in [-0.15, -0.1) is 5.10 Å². The van der Waals surface area contributed by atoms with E-state index in [9.17, 15) is 4.79 Å². The van der Waals surface area contributed by atoms with Crippen LogP contribution in [0.1, 0.15) is 66.7 Å². The number of fused-ring (bicyclic) bond motifs is 2. The molecule has 0 radical (unpaired) electrons. The Hall–Kier alpha value is -4.37. The smallest absolute Gasteiger partial charge is 0.320 e. The molecule has 0 saturated carbocycles. The Labute approximate surface area is 246 Å². The molecule has 1 unspecified atom stereocenters. The maximum absolute atomic E-state index is 11.9. The Balaban J connectivity index is 1.13. The van der Waals surface area contributed by atoms with E-state index in [0.717, 1.165) is 41.6 Å². The molecule has 216 valence electrons. The predicted octanol–water partition coefficient (Wildman–Crippen LogP) is 5.98. The number of aryl methyl sites for hydroxylation is 2. The van der Waals surface area contributed by atoms with E-state index in [1.807, 2.05) is 18.2 Å². The van der Waals surface area contributed by atoms with Gasteiger partial charge in [0.15, 0.2) is 0 Å². The third kappa shape index (κ3) is 5.97. The van der Waals surface area contributed by atoms with Crippen LogP contribution in [0, 0.1) is 10.8 Å². The second-order valence-corrected chi connectivity index (χ2v) is 11.3. The van der Waals surface area contributed by atoms with Gasteiger partial charge < -0.3 is 20.0 Å². The minimum Gasteiger partial charge on any atom is -0.401 e. The summed E-state index contributed by atoms with van der Waals surface area (Å²) in [7, 11) is 0. The second-order valence-electron chi connectivity index (χ2n) is 11.3. The van der Waals surface area contributed by atoms with Crippen molar-refractivity contribution in [1.82, 2.24) is 15.1 Å². The van der Waals surface area contributed by atoms with E-state index in [-0.39, 0.29) is 23.5 Å². The SMILES string of the molecule is C=CC(=O)Nc1cccc2c1CCC/C(=C/C(=N)c1nnc(Nc3ccc4c(c3)CCC(N3CCCC3)CC4)o1)C2=N. The molecule has 1 atom stereocenters. The van der Waals surface area contributed by atoms with Crippen molar-refractivity contribution in [2.45, 2.75) is 63.8 Å². The number of nitrogens with zero attached hydrogens (tertiary/aromatic N) is 3. The van der Waals surface area contributed by atoms with Crippen LogP contribution >= 0.6 is 0 Å². The maximum Gasteiger partial charge on any atom is 0.320 e. The average Bonchev–Trinajstić information content (AvgIpc) is 3.63. The lowest BCUT2D eigenvalue weighted by atomic mass is 9.97. The van der Waals surface area contributed by atoms with Gasteiger partial charge in [-0.25, -0.2) is 0 Å². The third-order valence-electron chi connectivity index (χ3n) is 8.66. The maximum atomic E-state index is 11.9. The molecule has 9 nitrogen and oxygen atoms in total. The standard InChI is InChI=1S/C33H37N7O2/c1-2-30(41)37-29-10-6-9-27-26(29)8-5-7-23(31(27)35)20-28(34)32-38-39-33(42-32)36-24-14-11-21-12-15-25(16-13-22(21)19-24)40-17-3-4-18-40/h2,6,9-11,14,19-20,25,34-35H,1,3-5,7-8,12-13,15-18H2,(H,36,39)(H,37,41)/b23-20-,34-28?,35-31?. The van der Waals surface area contributed by atoms with Crippen LogP contribution in [0.5, 0.6) is 0 Å². The first-order valence-corrected chi connectivity index (χ1v) is 14.9. The van der Waals surface area contributed by atoms with Crippen LogP contribution in [-0.4, -0.2) is 51.6 Å². The monoisotopic (exact) mass is 563 g/mol. The Bertz CT molecular complexity index is 1560. The van der Waals surface area contributed by atoms with Crippen molar-refractivity contribution < 1.29 is 9.21 Å². The number of amides is 1. The zero-order chi connectivity index (χ0) is 29.1. The van der Waals surface area contributed by atoms with Crippen molar-refractivity contribution in [3.05, 3.63) is 88.8 Å². The summed E-state index contributed by atoms with van der Waals surface area (Å²) >= 11 is 0. The molecule has 1 aliphatic heterocycles. The highest BCUT2D eigenvalue weighted by atomic mass is 16.4. The molecule has 0 spiro atoms. The number of aromatic nitrogens is 2. The van der Waals surface area contributed by atoms with Crippen LogP contribution in [0.2, 0.25) is 0 Å². The molecule has 2 aromatic carbocycles. The van der Waals surface area contributed by atoms with E-state index in [1.54, 1.807) is 6.08 Å². The highest BCUT2D eigenvalue weighted by Gasteiger charge is 2.25. The lowest BCUT2D eigenvalue weighted by Gasteiger charge is -2.25. The molecular weight excluding hydrogens is 526 g/mol. The van der Waals surface area contributed by atoms with Crippen molar-refractivity contribution in [2.24, 2.45) is 0 Å². The normalized spacial score (nSPS) is 19.9.